The standard InChI is InChI=1S/C21H30N2O4/c1-15-6-7-16(2)21(18(15)4)27-14-20(26)23-11-5-10-22(12-13-23)19(25)9-8-17(3)24/h6-7H,5,8-14H2,1-4H3. The minimum atomic E-state index is -0.0617. The van der Waals surface area contributed by atoms with Gasteiger partial charge in [-0.1, -0.05) is 12.1 Å². The van der Waals surface area contributed by atoms with Crippen molar-refractivity contribution in [1.29, 1.82) is 0 Å². The fraction of sp³-hybridized carbons (Fsp3) is 0.571. The van der Waals surface area contributed by atoms with Gasteiger partial charge in [0, 0.05) is 39.0 Å². The molecule has 1 fully saturated rings. The van der Waals surface area contributed by atoms with Crippen molar-refractivity contribution in [3.63, 3.8) is 0 Å². The number of hydrogen-bond donors (Lipinski definition) is 0. The first-order valence-electron chi connectivity index (χ1n) is 9.54. The molecule has 0 unspecified atom stereocenters. The van der Waals surface area contributed by atoms with E-state index in [-0.39, 0.29) is 37.0 Å². The lowest BCUT2D eigenvalue weighted by Crippen LogP contribution is -2.39. The van der Waals surface area contributed by atoms with Crippen LogP contribution in [0.4, 0.5) is 0 Å². The number of hydrogen-bond acceptors (Lipinski definition) is 4. The molecule has 0 aliphatic carbocycles. The Morgan fingerprint density at radius 2 is 1.48 bits per heavy atom. The lowest BCUT2D eigenvalue weighted by atomic mass is 10.1. The summed E-state index contributed by atoms with van der Waals surface area (Å²) in [5, 5.41) is 0. The van der Waals surface area contributed by atoms with Crippen molar-refractivity contribution in [3.05, 3.63) is 28.8 Å². The zero-order chi connectivity index (χ0) is 20.0. The maximum atomic E-state index is 12.6. The van der Waals surface area contributed by atoms with Crippen molar-refractivity contribution in [2.75, 3.05) is 32.8 Å². The van der Waals surface area contributed by atoms with E-state index < -0.39 is 0 Å². The van der Waals surface area contributed by atoms with Gasteiger partial charge in [-0.05, 0) is 50.8 Å². The zero-order valence-corrected chi connectivity index (χ0v) is 16.8. The number of ether oxygens (including phenoxy) is 1. The SMILES string of the molecule is CC(=O)CCC(=O)N1CCCN(C(=O)COc2c(C)ccc(C)c2C)CC1. The molecule has 0 bridgehead atoms. The van der Waals surface area contributed by atoms with Crippen LogP contribution in [-0.2, 0) is 14.4 Å². The van der Waals surface area contributed by atoms with Crippen LogP contribution in [0.3, 0.4) is 0 Å². The minimum Gasteiger partial charge on any atom is -0.483 e. The molecule has 0 atom stereocenters. The van der Waals surface area contributed by atoms with Crippen LogP contribution in [0.25, 0.3) is 0 Å². The van der Waals surface area contributed by atoms with E-state index in [4.69, 9.17) is 4.74 Å². The third-order valence-corrected chi connectivity index (χ3v) is 5.11. The number of carbonyl (C=O) groups is 3. The van der Waals surface area contributed by atoms with Crippen LogP contribution in [-0.4, -0.2) is 60.2 Å². The molecule has 1 aliphatic heterocycles. The van der Waals surface area contributed by atoms with Crippen LogP contribution in [0.2, 0.25) is 0 Å². The number of ketones is 1. The summed E-state index contributed by atoms with van der Waals surface area (Å²) in [6.45, 7) is 9.74. The summed E-state index contributed by atoms with van der Waals surface area (Å²) in [5.74, 6) is 0.725. The van der Waals surface area contributed by atoms with Gasteiger partial charge in [0.25, 0.3) is 5.91 Å². The monoisotopic (exact) mass is 374 g/mol. The van der Waals surface area contributed by atoms with Gasteiger partial charge in [-0.2, -0.15) is 0 Å². The second-order valence-electron chi connectivity index (χ2n) is 7.26. The first kappa shape index (κ1) is 20.9. The molecule has 0 spiro atoms. The fourth-order valence-electron chi connectivity index (χ4n) is 3.23. The highest BCUT2D eigenvalue weighted by Crippen LogP contribution is 2.25. The summed E-state index contributed by atoms with van der Waals surface area (Å²) in [6.07, 6.45) is 1.26. The van der Waals surface area contributed by atoms with E-state index >= 15 is 0 Å². The normalized spacial score (nSPS) is 14.7. The second-order valence-corrected chi connectivity index (χ2v) is 7.26. The van der Waals surface area contributed by atoms with E-state index in [0.29, 0.717) is 26.2 Å². The smallest absolute Gasteiger partial charge is 0.260 e. The molecule has 0 radical (unpaired) electrons. The third kappa shape index (κ3) is 5.81. The summed E-state index contributed by atoms with van der Waals surface area (Å²) in [6, 6.07) is 4.05. The highest BCUT2D eigenvalue weighted by atomic mass is 16.5. The molecule has 6 heteroatoms. The maximum absolute atomic E-state index is 12.6. The highest BCUT2D eigenvalue weighted by molar-refractivity contribution is 5.83. The van der Waals surface area contributed by atoms with Gasteiger partial charge in [0.05, 0.1) is 0 Å². The average Bonchev–Trinajstić information content (AvgIpc) is 2.89. The van der Waals surface area contributed by atoms with Crippen LogP contribution >= 0.6 is 0 Å². The molecule has 1 saturated heterocycles. The lowest BCUT2D eigenvalue weighted by molar-refractivity contribution is -0.135. The predicted molar refractivity (Wildman–Crippen MR) is 104 cm³/mol. The second kappa shape index (κ2) is 9.53. The maximum Gasteiger partial charge on any atom is 0.260 e. The molecule has 1 aliphatic rings. The van der Waals surface area contributed by atoms with E-state index in [2.05, 4.69) is 0 Å². The molecule has 1 aromatic carbocycles. The van der Waals surface area contributed by atoms with Crippen LogP contribution in [0.1, 0.15) is 42.9 Å². The van der Waals surface area contributed by atoms with Crippen LogP contribution in [0.5, 0.6) is 5.75 Å². The van der Waals surface area contributed by atoms with E-state index in [0.717, 1.165) is 28.9 Å². The molecule has 6 nitrogen and oxygen atoms in total. The van der Waals surface area contributed by atoms with Crippen molar-refractivity contribution < 1.29 is 19.1 Å². The van der Waals surface area contributed by atoms with Gasteiger partial charge in [-0.3, -0.25) is 9.59 Å². The summed E-state index contributed by atoms with van der Waals surface area (Å²) in [5.41, 5.74) is 3.21. The number of nitrogens with zero attached hydrogens (tertiary/aromatic N) is 2. The van der Waals surface area contributed by atoms with Crippen LogP contribution < -0.4 is 4.74 Å². The topological polar surface area (TPSA) is 66.9 Å². The van der Waals surface area contributed by atoms with Crippen LogP contribution in [0, 0.1) is 20.8 Å². The Hall–Kier alpha value is -2.37. The van der Waals surface area contributed by atoms with E-state index in [1.165, 1.54) is 6.92 Å². The molecular weight excluding hydrogens is 344 g/mol. The number of benzene rings is 1. The summed E-state index contributed by atoms with van der Waals surface area (Å²) in [4.78, 5) is 39.4. The first-order valence-corrected chi connectivity index (χ1v) is 9.54. The van der Waals surface area contributed by atoms with Gasteiger partial charge in [-0.15, -0.1) is 0 Å². The van der Waals surface area contributed by atoms with Crippen LogP contribution in [0.15, 0.2) is 12.1 Å². The van der Waals surface area contributed by atoms with Crippen molar-refractivity contribution in [2.24, 2.45) is 0 Å². The Bertz CT molecular complexity index is 714. The number of rotatable bonds is 6. The lowest BCUT2D eigenvalue weighted by Gasteiger charge is -2.23. The van der Waals surface area contributed by atoms with Gasteiger partial charge in [0.15, 0.2) is 6.61 Å². The highest BCUT2D eigenvalue weighted by Gasteiger charge is 2.22. The molecule has 2 amide bonds. The average molecular weight is 374 g/mol. The quantitative estimate of drug-likeness (QED) is 0.767. The number of carbonyl (C=O) groups excluding carboxylic acids is 3. The zero-order valence-electron chi connectivity index (χ0n) is 16.8. The number of Topliss-reactive ketones (excluding diaryl/α,β-unsaturated/α-hetero) is 1. The number of aryl methyl sites for hydroxylation is 2. The fourth-order valence-corrected chi connectivity index (χ4v) is 3.23. The van der Waals surface area contributed by atoms with E-state index in [1.54, 1.807) is 9.80 Å². The first-order chi connectivity index (χ1) is 12.8. The summed E-state index contributed by atoms with van der Waals surface area (Å²) >= 11 is 0. The molecule has 0 aromatic heterocycles. The predicted octanol–water partition coefficient (Wildman–Crippen LogP) is 2.42. The van der Waals surface area contributed by atoms with Crippen molar-refractivity contribution in [3.8, 4) is 5.75 Å². The van der Waals surface area contributed by atoms with Gasteiger partial charge >= 0.3 is 0 Å². The number of amides is 2. The Morgan fingerprint density at radius 3 is 2.11 bits per heavy atom. The van der Waals surface area contributed by atoms with Crippen molar-refractivity contribution >= 4 is 17.6 Å². The molecule has 27 heavy (non-hydrogen) atoms. The largest absolute Gasteiger partial charge is 0.483 e. The van der Waals surface area contributed by atoms with Gasteiger partial charge in [0.1, 0.15) is 11.5 Å². The Morgan fingerprint density at radius 1 is 0.889 bits per heavy atom. The summed E-state index contributed by atoms with van der Waals surface area (Å²) < 4.78 is 5.83. The molecule has 1 aromatic rings. The molecule has 1 heterocycles. The van der Waals surface area contributed by atoms with Gasteiger partial charge < -0.3 is 19.3 Å². The van der Waals surface area contributed by atoms with Crippen molar-refractivity contribution in [2.45, 2.75) is 47.0 Å². The molecule has 0 N–H and O–H groups in total. The molecule has 2 rings (SSSR count). The Kier molecular flexibility index (Phi) is 7.39. The van der Waals surface area contributed by atoms with Gasteiger partial charge in [0.2, 0.25) is 5.91 Å². The third-order valence-electron chi connectivity index (χ3n) is 5.11. The molecule has 148 valence electrons. The molecule has 0 saturated carbocycles. The Labute approximate surface area is 161 Å². The Balaban J connectivity index is 1.88. The molecular formula is C21H30N2O4. The van der Waals surface area contributed by atoms with E-state index in [9.17, 15) is 14.4 Å². The van der Waals surface area contributed by atoms with Crippen molar-refractivity contribution in [1.82, 2.24) is 9.80 Å². The summed E-state index contributed by atoms with van der Waals surface area (Å²) in [7, 11) is 0. The van der Waals surface area contributed by atoms with E-state index in [1.807, 2.05) is 32.9 Å². The minimum absolute atomic E-state index is 0.00339. The van der Waals surface area contributed by atoms with Gasteiger partial charge in [-0.25, -0.2) is 0 Å².